The van der Waals surface area contributed by atoms with Crippen molar-refractivity contribution in [3.05, 3.63) is 59.7 Å². The minimum atomic E-state index is -0.912. The molecule has 7 heteroatoms. The molecule has 0 unspecified atom stereocenters. The second kappa shape index (κ2) is 9.87. The fraction of sp³-hybridized carbons (Fsp3) is 0.444. The van der Waals surface area contributed by atoms with Crippen LogP contribution in [0.4, 0.5) is 4.79 Å². The molecule has 0 spiro atoms. The lowest BCUT2D eigenvalue weighted by molar-refractivity contribution is -0.139. The molecule has 2 aromatic rings. The van der Waals surface area contributed by atoms with E-state index < -0.39 is 23.5 Å². The van der Waals surface area contributed by atoms with Gasteiger partial charge in [0.05, 0.1) is 6.42 Å². The first-order chi connectivity index (χ1) is 16.2. The van der Waals surface area contributed by atoms with Crippen molar-refractivity contribution < 1.29 is 24.2 Å². The second-order valence-electron chi connectivity index (χ2n) is 10.2. The summed E-state index contributed by atoms with van der Waals surface area (Å²) < 4.78 is 5.61. The van der Waals surface area contributed by atoms with E-state index in [9.17, 15) is 14.4 Å². The number of alkyl carbamates (subject to hydrolysis) is 1. The maximum Gasteiger partial charge on any atom is 0.407 e. The highest BCUT2D eigenvalue weighted by atomic mass is 16.5. The molecule has 2 aromatic carbocycles. The number of hydrogen-bond acceptors (Lipinski definition) is 4. The average molecular weight is 465 g/mol. The van der Waals surface area contributed by atoms with Gasteiger partial charge in [-0.25, -0.2) is 4.79 Å². The molecule has 7 nitrogen and oxygen atoms in total. The number of aliphatic carboxylic acids is 1. The molecule has 0 radical (unpaired) electrons. The zero-order valence-electron chi connectivity index (χ0n) is 19.7. The van der Waals surface area contributed by atoms with E-state index in [0.29, 0.717) is 12.3 Å². The largest absolute Gasteiger partial charge is 0.481 e. The van der Waals surface area contributed by atoms with Gasteiger partial charge in [-0.2, -0.15) is 0 Å². The number of nitrogens with one attached hydrogen (secondary N) is 2. The monoisotopic (exact) mass is 464 g/mol. The van der Waals surface area contributed by atoms with Crippen molar-refractivity contribution in [2.24, 2.45) is 11.3 Å². The number of amides is 2. The van der Waals surface area contributed by atoms with Crippen molar-refractivity contribution >= 4 is 18.0 Å². The van der Waals surface area contributed by atoms with Crippen LogP contribution in [0, 0.1) is 11.3 Å². The Bertz CT molecular complexity index is 1030. The van der Waals surface area contributed by atoms with E-state index >= 15 is 0 Å². The van der Waals surface area contributed by atoms with E-state index in [0.717, 1.165) is 35.1 Å². The molecule has 1 saturated carbocycles. The van der Waals surface area contributed by atoms with Gasteiger partial charge in [-0.05, 0) is 40.0 Å². The molecule has 0 saturated heterocycles. The summed E-state index contributed by atoms with van der Waals surface area (Å²) >= 11 is 0. The number of ether oxygens (including phenoxy) is 1. The molecule has 0 heterocycles. The lowest BCUT2D eigenvalue weighted by atomic mass is 9.89. The number of carbonyl (C=O) groups is 3. The molecule has 1 atom stereocenters. The van der Waals surface area contributed by atoms with Gasteiger partial charge in [-0.15, -0.1) is 0 Å². The van der Waals surface area contributed by atoms with Gasteiger partial charge in [-0.3, -0.25) is 9.59 Å². The number of carboxylic acid groups (broad SMARTS) is 1. The molecule has 180 valence electrons. The molecule has 1 fully saturated rings. The number of rotatable bonds is 10. The Morgan fingerprint density at radius 2 is 1.62 bits per heavy atom. The highest BCUT2D eigenvalue weighted by molar-refractivity contribution is 5.86. The Labute approximate surface area is 199 Å². The minimum Gasteiger partial charge on any atom is -0.481 e. The van der Waals surface area contributed by atoms with E-state index in [2.05, 4.69) is 34.9 Å². The number of carboxylic acids is 1. The summed E-state index contributed by atoms with van der Waals surface area (Å²) in [5, 5.41) is 14.6. The highest BCUT2D eigenvalue weighted by Gasteiger charge is 2.33. The fourth-order valence-electron chi connectivity index (χ4n) is 4.62. The average Bonchev–Trinajstić information content (AvgIpc) is 3.55. The third kappa shape index (κ3) is 5.76. The maximum atomic E-state index is 12.8. The predicted molar refractivity (Wildman–Crippen MR) is 128 cm³/mol. The van der Waals surface area contributed by atoms with Crippen LogP contribution in [0.25, 0.3) is 11.1 Å². The summed E-state index contributed by atoms with van der Waals surface area (Å²) in [6.45, 7) is 3.97. The SMILES string of the molecule is CC(C)(CNC(=O)[C@H](CC1CC1)NC(=O)OCC1c2ccccc2-c2ccccc21)CC(=O)O. The molecule has 3 N–H and O–H groups in total. The Kier molecular flexibility index (Phi) is 6.91. The number of hydrogen-bond donors (Lipinski definition) is 3. The van der Waals surface area contributed by atoms with Gasteiger partial charge >= 0.3 is 12.1 Å². The van der Waals surface area contributed by atoms with Crippen molar-refractivity contribution in [1.29, 1.82) is 0 Å². The van der Waals surface area contributed by atoms with Gasteiger partial charge in [0.1, 0.15) is 12.6 Å². The van der Waals surface area contributed by atoms with Crippen molar-refractivity contribution in [2.75, 3.05) is 13.2 Å². The number of fused-ring (bicyclic) bond motifs is 3. The number of benzene rings is 2. The smallest absolute Gasteiger partial charge is 0.407 e. The Morgan fingerprint density at radius 3 is 2.18 bits per heavy atom. The Balaban J connectivity index is 1.36. The molecular formula is C27H32N2O5. The van der Waals surface area contributed by atoms with Crippen LogP contribution in [-0.4, -0.2) is 42.3 Å². The quantitative estimate of drug-likeness (QED) is 0.486. The zero-order valence-corrected chi connectivity index (χ0v) is 19.7. The molecule has 0 aliphatic heterocycles. The molecule has 0 aromatic heterocycles. The summed E-state index contributed by atoms with van der Waals surface area (Å²) in [5.41, 5.74) is 3.98. The van der Waals surface area contributed by atoms with E-state index in [1.807, 2.05) is 24.3 Å². The minimum absolute atomic E-state index is 0.0503. The van der Waals surface area contributed by atoms with E-state index in [-0.39, 0.29) is 31.4 Å². The number of carbonyl (C=O) groups excluding carboxylic acids is 2. The van der Waals surface area contributed by atoms with Crippen molar-refractivity contribution in [3.63, 3.8) is 0 Å². The summed E-state index contributed by atoms with van der Waals surface area (Å²) in [5.74, 6) is -0.855. The van der Waals surface area contributed by atoms with Gasteiger partial charge in [0.15, 0.2) is 0 Å². The molecule has 2 amide bonds. The van der Waals surface area contributed by atoms with E-state index in [1.54, 1.807) is 13.8 Å². The van der Waals surface area contributed by atoms with Crippen LogP contribution in [0.5, 0.6) is 0 Å². The summed E-state index contributed by atoms with van der Waals surface area (Å²) in [7, 11) is 0. The molecule has 34 heavy (non-hydrogen) atoms. The standard InChI is InChI=1S/C27H32N2O5/c1-27(2,14-24(30)31)16-28-25(32)23(13-17-11-12-17)29-26(33)34-15-22-20-9-5-3-7-18(20)19-8-4-6-10-21(19)22/h3-10,17,22-23H,11-16H2,1-2H3,(H,28,32)(H,29,33)(H,30,31)/t23-/m0/s1. The van der Waals surface area contributed by atoms with Gasteiger partial charge in [-0.1, -0.05) is 75.2 Å². The van der Waals surface area contributed by atoms with Crippen molar-refractivity contribution in [2.45, 2.75) is 51.5 Å². The summed E-state index contributed by atoms with van der Waals surface area (Å²) in [4.78, 5) is 36.6. The van der Waals surface area contributed by atoms with Crippen LogP contribution in [0.2, 0.25) is 0 Å². The second-order valence-corrected chi connectivity index (χ2v) is 10.2. The lowest BCUT2D eigenvalue weighted by Crippen LogP contribution is -2.49. The molecule has 2 aliphatic rings. The normalized spacial score (nSPS) is 15.7. The van der Waals surface area contributed by atoms with Crippen molar-refractivity contribution in [3.8, 4) is 11.1 Å². The first-order valence-corrected chi connectivity index (χ1v) is 11.8. The van der Waals surface area contributed by atoms with Gasteiger partial charge in [0.2, 0.25) is 5.91 Å². The lowest BCUT2D eigenvalue weighted by Gasteiger charge is -2.25. The van der Waals surface area contributed by atoms with Crippen LogP contribution in [0.1, 0.15) is 56.6 Å². The van der Waals surface area contributed by atoms with Crippen molar-refractivity contribution in [1.82, 2.24) is 10.6 Å². The van der Waals surface area contributed by atoms with E-state index in [4.69, 9.17) is 9.84 Å². The third-order valence-electron chi connectivity index (χ3n) is 6.59. The van der Waals surface area contributed by atoms with Crippen LogP contribution in [0.15, 0.2) is 48.5 Å². The predicted octanol–water partition coefficient (Wildman–Crippen LogP) is 4.31. The molecule has 2 aliphatic carbocycles. The molecular weight excluding hydrogens is 432 g/mol. The topological polar surface area (TPSA) is 105 Å². The highest BCUT2D eigenvalue weighted by Crippen LogP contribution is 2.44. The third-order valence-corrected chi connectivity index (χ3v) is 6.59. The van der Waals surface area contributed by atoms with Gasteiger partial charge < -0.3 is 20.5 Å². The van der Waals surface area contributed by atoms with Crippen LogP contribution in [0.3, 0.4) is 0 Å². The first-order valence-electron chi connectivity index (χ1n) is 11.8. The molecule has 4 rings (SSSR count). The van der Waals surface area contributed by atoms with Gasteiger partial charge in [0, 0.05) is 12.5 Å². The van der Waals surface area contributed by atoms with Crippen LogP contribution < -0.4 is 10.6 Å². The fourth-order valence-corrected chi connectivity index (χ4v) is 4.62. The molecule has 0 bridgehead atoms. The van der Waals surface area contributed by atoms with Crippen LogP contribution in [-0.2, 0) is 14.3 Å². The maximum absolute atomic E-state index is 12.8. The van der Waals surface area contributed by atoms with Crippen LogP contribution >= 0.6 is 0 Å². The summed E-state index contributed by atoms with van der Waals surface area (Å²) in [6, 6.07) is 15.6. The summed E-state index contributed by atoms with van der Waals surface area (Å²) in [6.07, 6.45) is 1.96. The van der Waals surface area contributed by atoms with E-state index in [1.165, 1.54) is 0 Å². The Hall–Kier alpha value is -3.35. The Morgan fingerprint density at radius 1 is 1.03 bits per heavy atom. The van der Waals surface area contributed by atoms with Gasteiger partial charge in [0.25, 0.3) is 0 Å². The first kappa shape index (κ1) is 23.8. The zero-order chi connectivity index (χ0) is 24.3.